The van der Waals surface area contributed by atoms with Gasteiger partial charge in [-0.1, -0.05) is 24.3 Å². The number of benzene rings is 3. The summed E-state index contributed by atoms with van der Waals surface area (Å²) in [6, 6.07) is 15.7. The van der Waals surface area contributed by atoms with Gasteiger partial charge in [-0.2, -0.15) is 4.68 Å². The second-order valence-corrected chi connectivity index (χ2v) is 6.66. The van der Waals surface area contributed by atoms with E-state index in [1.54, 1.807) is 24.3 Å². The van der Waals surface area contributed by atoms with Crippen molar-refractivity contribution < 1.29 is 18.8 Å². The Morgan fingerprint density at radius 3 is 2.56 bits per heavy atom. The molecule has 4 aromatic rings. The van der Waals surface area contributed by atoms with Crippen LogP contribution in [0.5, 0.6) is 5.75 Å². The molecule has 9 nitrogen and oxygen atoms in total. The first kappa shape index (κ1) is 20.7. The van der Waals surface area contributed by atoms with Gasteiger partial charge in [0.25, 0.3) is 11.5 Å². The number of aromatic nitrogens is 2. The highest BCUT2D eigenvalue weighted by atomic mass is 19.1. The number of nitrogens with one attached hydrogen (secondary N) is 1. The number of nitro benzene ring substituents is 1. The van der Waals surface area contributed by atoms with Gasteiger partial charge in [0.05, 0.1) is 28.5 Å². The van der Waals surface area contributed by atoms with E-state index in [0.29, 0.717) is 5.52 Å². The molecule has 1 amide bonds. The molecule has 0 saturated heterocycles. The first-order chi connectivity index (χ1) is 15.4. The fourth-order valence-electron chi connectivity index (χ4n) is 3.20. The van der Waals surface area contributed by atoms with Crippen LogP contribution in [0, 0.1) is 15.9 Å². The largest absolute Gasteiger partial charge is 0.490 e. The van der Waals surface area contributed by atoms with Crippen LogP contribution in [-0.4, -0.2) is 27.6 Å². The molecule has 0 aliphatic rings. The van der Waals surface area contributed by atoms with Gasteiger partial charge in [0.2, 0.25) is 0 Å². The normalized spacial score (nSPS) is 10.7. The molecule has 1 heterocycles. The number of hydrogen-bond donors (Lipinski definition) is 1. The number of fused-ring (bicyclic) bond motifs is 1. The number of carbonyl (C=O) groups is 1. The van der Waals surface area contributed by atoms with Gasteiger partial charge in [-0.15, -0.1) is 0 Å². The number of ether oxygens (including phenoxy) is 1. The number of hydrogen-bond acceptors (Lipinski definition) is 6. The zero-order valence-corrected chi connectivity index (χ0v) is 16.6. The van der Waals surface area contributed by atoms with Crippen molar-refractivity contribution in [2.45, 2.75) is 0 Å². The summed E-state index contributed by atoms with van der Waals surface area (Å²) in [4.78, 5) is 41.0. The van der Waals surface area contributed by atoms with Crippen LogP contribution in [-0.2, 0) is 0 Å². The van der Waals surface area contributed by atoms with E-state index in [9.17, 15) is 24.1 Å². The summed E-state index contributed by atoms with van der Waals surface area (Å²) >= 11 is 0. The van der Waals surface area contributed by atoms with Gasteiger partial charge in [0.15, 0.2) is 11.6 Å². The molecule has 0 aliphatic carbocycles. The average Bonchev–Trinajstić information content (AvgIpc) is 2.80. The molecule has 0 saturated carbocycles. The molecule has 0 spiro atoms. The average molecular weight is 434 g/mol. The summed E-state index contributed by atoms with van der Waals surface area (Å²) in [5.41, 5.74) is 1.55. The molecule has 160 valence electrons. The van der Waals surface area contributed by atoms with Crippen molar-refractivity contribution in [3.63, 3.8) is 0 Å². The van der Waals surface area contributed by atoms with Crippen molar-refractivity contribution in [2.75, 3.05) is 12.5 Å². The zero-order chi connectivity index (χ0) is 22.8. The predicted octanol–water partition coefficient (Wildman–Crippen LogP) is 3.50. The van der Waals surface area contributed by atoms with Gasteiger partial charge in [-0.05, 0) is 36.4 Å². The predicted molar refractivity (Wildman–Crippen MR) is 115 cm³/mol. The molecule has 1 aromatic heterocycles. The van der Waals surface area contributed by atoms with Crippen molar-refractivity contribution in [2.24, 2.45) is 0 Å². The molecule has 3 aromatic carbocycles. The number of nitro groups is 1. The number of rotatable bonds is 5. The number of para-hydroxylation sites is 1. The SMILES string of the molecule is COc1ccc(C(=O)Nn2c(-c3ccccc3F)nc3ccccc3c2=O)cc1[N+](=O)[O-]. The lowest BCUT2D eigenvalue weighted by Gasteiger charge is -2.15. The Morgan fingerprint density at radius 2 is 1.84 bits per heavy atom. The van der Waals surface area contributed by atoms with Crippen LogP contribution in [0.4, 0.5) is 10.1 Å². The third-order valence-electron chi connectivity index (χ3n) is 4.74. The first-order valence-corrected chi connectivity index (χ1v) is 9.31. The molecule has 4 rings (SSSR count). The number of amides is 1. The van der Waals surface area contributed by atoms with E-state index in [-0.39, 0.29) is 28.1 Å². The Balaban J connectivity index is 1.87. The fraction of sp³-hybridized carbons (Fsp3) is 0.0455. The third kappa shape index (κ3) is 3.65. The van der Waals surface area contributed by atoms with Gasteiger partial charge >= 0.3 is 5.69 Å². The van der Waals surface area contributed by atoms with Gasteiger partial charge in [-0.3, -0.25) is 25.1 Å². The minimum absolute atomic E-state index is 0.00337. The van der Waals surface area contributed by atoms with Crippen molar-refractivity contribution in [3.05, 3.63) is 98.6 Å². The van der Waals surface area contributed by atoms with E-state index in [0.717, 1.165) is 10.7 Å². The molecule has 10 heteroatoms. The summed E-state index contributed by atoms with van der Waals surface area (Å²) in [5.74, 6) is -1.61. The monoisotopic (exact) mass is 434 g/mol. The van der Waals surface area contributed by atoms with E-state index in [1.807, 2.05) is 0 Å². The van der Waals surface area contributed by atoms with Gasteiger partial charge in [0.1, 0.15) is 5.82 Å². The lowest BCUT2D eigenvalue weighted by Crippen LogP contribution is -2.35. The lowest BCUT2D eigenvalue weighted by molar-refractivity contribution is -0.385. The Hall–Kier alpha value is -4.60. The quantitative estimate of drug-likeness (QED) is 0.380. The van der Waals surface area contributed by atoms with E-state index in [4.69, 9.17) is 4.74 Å². The summed E-state index contributed by atoms with van der Waals surface area (Å²) in [6.07, 6.45) is 0. The van der Waals surface area contributed by atoms with Crippen LogP contribution in [0.15, 0.2) is 71.5 Å². The van der Waals surface area contributed by atoms with E-state index >= 15 is 0 Å². The Kier molecular flexibility index (Phi) is 5.34. The Morgan fingerprint density at radius 1 is 1.12 bits per heavy atom. The van der Waals surface area contributed by atoms with Gasteiger partial charge in [0, 0.05) is 11.6 Å². The van der Waals surface area contributed by atoms with E-state index in [2.05, 4.69) is 10.4 Å². The zero-order valence-electron chi connectivity index (χ0n) is 16.6. The van der Waals surface area contributed by atoms with Crippen LogP contribution in [0.1, 0.15) is 10.4 Å². The summed E-state index contributed by atoms with van der Waals surface area (Å²) in [6.45, 7) is 0. The second-order valence-electron chi connectivity index (χ2n) is 6.66. The lowest BCUT2D eigenvalue weighted by atomic mass is 10.1. The molecular formula is C22H15FN4O5. The highest BCUT2D eigenvalue weighted by Crippen LogP contribution is 2.28. The van der Waals surface area contributed by atoms with Gasteiger partial charge in [-0.25, -0.2) is 9.37 Å². The Labute approximate surface area is 179 Å². The number of methoxy groups -OCH3 is 1. The maximum atomic E-state index is 14.5. The summed E-state index contributed by atoms with van der Waals surface area (Å²) in [5, 5.41) is 11.5. The smallest absolute Gasteiger partial charge is 0.311 e. The number of carbonyl (C=O) groups excluding carboxylic acids is 1. The van der Waals surface area contributed by atoms with Crippen molar-refractivity contribution >= 4 is 22.5 Å². The summed E-state index contributed by atoms with van der Waals surface area (Å²) < 4.78 is 20.3. The number of nitrogens with zero attached hydrogens (tertiary/aromatic N) is 3. The van der Waals surface area contributed by atoms with Crippen molar-refractivity contribution in [3.8, 4) is 17.1 Å². The van der Waals surface area contributed by atoms with Crippen molar-refractivity contribution in [1.82, 2.24) is 9.66 Å². The summed E-state index contributed by atoms with van der Waals surface area (Å²) in [7, 11) is 1.27. The topological polar surface area (TPSA) is 116 Å². The highest BCUT2D eigenvalue weighted by molar-refractivity contribution is 6.01. The van der Waals surface area contributed by atoms with Crippen LogP contribution in [0.3, 0.4) is 0 Å². The molecule has 0 unspecified atom stereocenters. The highest BCUT2D eigenvalue weighted by Gasteiger charge is 2.21. The second kappa shape index (κ2) is 8.26. The van der Waals surface area contributed by atoms with Crippen LogP contribution >= 0.6 is 0 Å². The molecule has 32 heavy (non-hydrogen) atoms. The molecular weight excluding hydrogens is 419 g/mol. The fourth-order valence-corrected chi connectivity index (χ4v) is 3.20. The van der Waals surface area contributed by atoms with Crippen LogP contribution in [0.25, 0.3) is 22.3 Å². The molecule has 0 bridgehead atoms. The molecule has 1 N–H and O–H groups in total. The van der Waals surface area contributed by atoms with Crippen LogP contribution < -0.4 is 15.7 Å². The minimum Gasteiger partial charge on any atom is -0.490 e. The van der Waals surface area contributed by atoms with E-state index in [1.165, 1.54) is 43.5 Å². The molecule has 0 fully saturated rings. The maximum absolute atomic E-state index is 14.5. The molecule has 0 aliphatic heterocycles. The third-order valence-corrected chi connectivity index (χ3v) is 4.74. The Bertz CT molecular complexity index is 1430. The van der Waals surface area contributed by atoms with E-state index < -0.39 is 27.9 Å². The maximum Gasteiger partial charge on any atom is 0.311 e. The van der Waals surface area contributed by atoms with Gasteiger partial charge < -0.3 is 4.74 Å². The van der Waals surface area contributed by atoms with Crippen molar-refractivity contribution in [1.29, 1.82) is 0 Å². The molecule has 0 atom stereocenters. The standard InChI is InChI=1S/C22H15FN4O5/c1-32-19-11-10-13(12-18(19)27(30)31)21(28)25-26-20(14-6-2-4-8-16(14)23)24-17-9-5-3-7-15(17)22(26)29/h2-12H,1H3,(H,25,28). The van der Waals surface area contributed by atoms with Crippen LogP contribution in [0.2, 0.25) is 0 Å². The minimum atomic E-state index is -0.826. The molecule has 0 radical (unpaired) electrons. The first-order valence-electron chi connectivity index (χ1n) is 9.31. The number of halogens is 1.